The molecule has 2 unspecified atom stereocenters. The van der Waals surface area contributed by atoms with Gasteiger partial charge in [-0.3, -0.25) is 10.1 Å². The number of nitrogens with one attached hydrogen (secondary N) is 2. The Morgan fingerprint density at radius 3 is 3.00 bits per heavy atom. The molecule has 2 atom stereocenters. The molecule has 1 aromatic carbocycles. The Morgan fingerprint density at radius 1 is 1.45 bits per heavy atom. The first-order chi connectivity index (χ1) is 9.61. The van der Waals surface area contributed by atoms with E-state index in [1.165, 1.54) is 7.11 Å². The molecule has 2 rings (SSSR count). The van der Waals surface area contributed by atoms with Crippen molar-refractivity contribution >= 4 is 5.91 Å². The normalized spacial score (nSPS) is 20.9. The van der Waals surface area contributed by atoms with Crippen LogP contribution in [0.15, 0.2) is 18.2 Å². The van der Waals surface area contributed by atoms with Crippen LogP contribution < -0.4 is 15.4 Å². The summed E-state index contributed by atoms with van der Waals surface area (Å²) in [6.07, 6.45) is 2.93. The highest BCUT2D eigenvalue weighted by Crippen LogP contribution is 2.29. The minimum Gasteiger partial charge on any atom is -0.504 e. The molecule has 0 spiro atoms. The number of amides is 1. The van der Waals surface area contributed by atoms with Gasteiger partial charge in [0.1, 0.15) is 0 Å². The SMILES string of the molecule is COc1cc(C(C)NC2CCCCNC2=O)ccc1O. The fraction of sp³-hybridized carbons (Fsp3) is 0.533. The van der Waals surface area contributed by atoms with Gasteiger partial charge >= 0.3 is 0 Å². The summed E-state index contributed by atoms with van der Waals surface area (Å²) in [5.74, 6) is 0.636. The van der Waals surface area contributed by atoms with E-state index in [1.54, 1.807) is 12.1 Å². The van der Waals surface area contributed by atoms with E-state index in [0.29, 0.717) is 5.75 Å². The second-order valence-corrected chi connectivity index (χ2v) is 5.16. The lowest BCUT2D eigenvalue weighted by molar-refractivity contribution is -0.123. The van der Waals surface area contributed by atoms with Gasteiger partial charge in [-0.1, -0.05) is 6.07 Å². The second-order valence-electron chi connectivity index (χ2n) is 5.16. The summed E-state index contributed by atoms with van der Waals surface area (Å²) in [7, 11) is 1.52. The number of hydrogen-bond acceptors (Lipinski definition) is 4. The minimum absolute atomic E-state index is 0.0124. The van der Waals surface area contributed by atoms with Gasteiger partial charge in [-0.2, -0.15) is 0 Å². The molecule has 0 saturated carbocycles. The van der Waals surface area contributed by atoms with E-state index in [1.807, 2.05) is 13.0 Å². The number of rotatable bonds is 4. The average molecular weight is 278 g/mol. The lowest BCUT2D eigenvalue weighted by Gasteiger charge is -2.21. The summed E-state index contributed by atoms with van der Waals surface area (Å²) >= 11 is 0. The van der Waals surface area contributed by atoms with Gasteiger partial charge in [0.25, 0.3) is 0 Å². The summed E-state index contributed by atoms with van der Waals surface area (Å²) in [6, 6.07) is 5.09. The molecule has 0 aliphatic carbocycles. The molecule has 20 heavy (non-hydrogen) atoms. The van der Waals surface area contributed by atoms with Crippen molar-refractivity contribution in [2.75, 3.05) is 13.7 Å². The number of phenols is 1. The molecule has 1 saturated heterocycles. The maximum Gasteiger partial charge on any atom is 0.237 e. The maximum atomic E-state index is 11.9. The van der Waals surface area contributed by atoms with Crippen molar-refractivity contribution in [3.05, 3.63) is 23.8 Å². The molecule has 0 aromatic heterocycles. The molecular weight excluding hydrogens is 256 g/mol. The average Bonchev–Trinajstić information content (AvgIpc) is 2.64. The number of phenolic OH excluding ortho intramolecular Hbond substituents is 1. The van der Waals surface area contributed by atoms with Crippen molar-refractivity contribution in [2.45, 2.75) is 38.3 Å². The largest absolute Gasteiger partial charge is 0.504 e. The molecule has 110 valence electrons. The van der Waals surface area contributed by atoms with Gasteiger partial charge in [-0.15, -0.1) is 0 Å². The van der Waals surface area contributed by atoms with Crippen molar-refractivity contribution in [3.8, 4) is 11.5 Å². The lowest BCUT2D eigenvalue weighted by Crippen LogP contribution is -2.43. The van der Waals surface area contributed by atoms with Gasteiger partial charge < -0.3 is 15.2 Å². The van der Waals surface area contributed by atoms with Gasteiger partial charge in [-0.05, 0) is 43.9 Å². The smallest absolute Gasteiger partial charge is 0.237 e. The van der Waals surface area contributed by atoms with Crippen LogP contribution in [0.3, 0.4) is 0 Å². The van der Waals surface area contributed by atoms with Crippen molar-refractivity contribution in [1.82, 2.24) is 10.6 Å². The third-order valence-electron chi connectivity index (χ3n) is 3.69. The summed E-state index contributed by atoms with van der Waals surface area (Å²) in [6.45, 7) is 2.77. The van der Waals surface area contributed by atoms with E-state index >= 15 is 0 Å². The van der Waals surface area contributed by atoms with Crippen molar-refractivity contribution in [2.24, 2.45) is 0 Å². The van der Waals surface area contributed by atoms with Gasteiger partial charge in [0.05, 0.1) is 13.2 Å². The van der Waals surface area contributed by atoms with E-state index < -0.39 is 0 Å². The number of carbonyl (C=O) groups is 1. The molecule has 1 aliphatic rings. The van der Waals surface area contributed by atoms with Crippen LogP contribution in [0.2, 0.25) is 0 Å². The van der Waals surface area contributed by atoms with Crippen LogP contribution in [0.25, 0.3) is 0 Å². The van der Waals surface area contributed by atoms with Crippen LogP contribution in [0.5, 0.6) is 11.5 Å². The maximum absolute atomic E-state index is 11.9. The molecule has 1 amide bonds. The van der Waals surface area contributed by atoms with Crippen LogP contribution in [0, 0.1) is 0 Å². The van der Waals surface area contributed by atoms with Crippen molar-refractivity contribution in [3.63, 3.8) is 0 Å². The van der Waals surface area contributed by atoms with Crippen LogP contribution >= 0.6 is 0 Å². The van der Waals surface area contributed by atoms with Gasteiger partial charge in [0, 0.05) is 12.6 Å². The Kier molecular flexibility index (Phi) is 4.84. The summed E-state index contributed by atoms with van der Waals surface area (Å²) in [5.41, 5.74) is 0.983. The molecule has 3 N–H and O–H groups in total. The number of ether oxygens (including phenoxy) is 1. The number of methoxy groups -OCH3 is 1. The van der Waals surface area contributed by atoms with Gasteiger partial charge in [0.15, 0.2) is 11.5 Å². The summed E-state index contributed by atoms with van der Waals surface area (Å²) < 4.78 is 5.11. The Balaban J connectivity index is 2.07. The topological polar surface area (TPSA) is 70.6 Å². The Bertz CT molecular complexity index is 476. The van der Waals surface area contributed by atoms with E-state index in [2.05, 4.69) is 10.6 Å². The third kappa shape index (κ3) is 3.42. The predicted octanol–water partition coefficient (Wildman–Crippen LogP) is 1.72. The lowest BCUT2D eigenvalue weighted by atomic mass is 10.0. The first-order valence-electron chi connectivity index (χ1n) is 7.02. The molecule has 0 bridgehead atoms. The number of hydrogen-bond donors (Lipinski definition) is 3. The number of benzene rings is 1. The highest BCUT2D eigenvalue weighted by molar-refractivity contribution is 5.81. The fourth-order valence-corrected chi connectivity index (χ4v) is 2.46. The Hall–Kier alpha value is -1.75. The van der Waals surface area contributed by atoms with E-state index in [4.69, 9.17) is 4.74 Å². The van der Waals surface area contributed by atoms with Crippen LogP contribution in [0.1, 0.15) is 37.8 Å². The standard InChI is InChI=1S/C15H22N2O3/c1-10(11-6-7-13(18)14(9-11)20-2)17-12-5-3-4-8-16-15(12)19/h6-7,9-10,12,17-18H,3-5,8H2,1-2H3,(H,16,19). The zero-order valence-electron chi connectivity index (χ0n) is 12.0. The highest BCUT2D eigenvalue weighted by atomic mass is 16.5. The number of carbonyl (C=O) groups excluding carboxylic acids is 1. The molecule has 1 aromatic rings. The van der Waals surface area contributed by atoms with E-state index in [9.17, 15) is 9.90 Å². The zero-order chi connectivity index (χ0) is 14.5. The predicted molar refractivity (Wildman–Crippen MR) is 76.9 cm³/mol. The van der Waals surface area contributed by atoms with Crippen molar-refractivity contribution < 1.29 is 14.6 Å². The molecule has 1 aliphatic heterocycles. The van der Waals surface area contributed by atoms with Gasteiger partial charge in [-0.25, -0.2) is 0 Å². The van der Waals surface area contributed by atoms with Crippen LogP contribution in [0.4, 0.5) is 0 Å². The van der Waals surface area contributed by atoms with Gasteiger partial charge in [0.2, 0.25) is 5.91 Å². The third-order valence-corrected chi connectivity index (χ3v) is 3.69. The number of aromatic hydroxyl groups is 1. The quantitative estimate of drug-likeness (QED) is 0.784. The molecule has 1 heterocycles. The van der Waals surface area contributed by atoms with E-state index in [0.717, 1.165) is 31.4 Å². The fourth-order valence-electron chi connectivity index (χ4n) is 2.46. The summed E-state index contributed by atoms with van der Waals surface area (Å²) in [4.78, 5) is 11.9. The highest BCUT2D eigenvalue weighted by Gasteiger charge is 2.22. The molecule has 5 nitrogen and oxygen atoms in total. The molecular formula is C15H22N2O3. The van der Waals surface area contributed by atoms with Crippen LogP contribution in [-0.4, -0.2) is 30.7 Å². The first kappa shape index (κ1) is 14.7. The molecule has 5 heteroatoms. The molecule has 0 radical (unpaired) electrons. The summed E-state index contributed by atoms with van der Waals surface area (Å²) in [5, 5.41) is 15.9. The zero-order valence-corrected chi connectivity index (χ0v) is 12.0. The van der Waals surface area contributed by atoms with Crippen molar-refractivity contribution in [1.29, 1.82) is 0 Å². The van der Waals surface area contributed by atoms with E-state index in [-0.39, 0.29) is 23.7 Å². The molecule has 1 fully saturated rings. The minimum atomic E-state index is -0.160. The van der Waals surface area contributed by atoms with Crippen LogP contribution in [-0.2, 0) is 4.79 Å². The second kappa shape index (κ2) is 6.61. The first-order valence-corrected chi connectivity index (χ1v) is 7.02. The Morgan fingerprint density at radius 2 is 2.25 bits per heavy atom. The monoisotopic (exact) mass is 278 g/mol. The Labute approximate surface area is 119 Å².